The van der Waals surface area contributed by atoms with Crippen LogP contribution in [-0.4, -0.2) is 57.7 Å². The summed E-state index contributed by atoms with van der Waals surface area (Å²) in [6.45, 7) is 0.542. The highest BCUT2D eigenvalue weighted by Crippen LogP contribution is 2.22. The molecule has 0 aliphatic carbocycles. The van der Waals surface area contributed by atoms with Gasteiger partial charge < -0.3 is 14.7 Å². The number of aromatic nitrogens is 2. The molecule has 1 atom stereocenters. The Morgan fingerprint density at radius 3 is 2.78 bits per heavy atom. The van der Waals surface area contributed by atoms with Crippen molar-refractivity contribution in [2.24, 2.45) is 0 Å². The molecule has 1 N–H and O–H groups in total. The summed E-state index contributed by atoms with van der Waals surface area (Å²) in [5, 5.41) is 9.05. The molecule has 1 aliphatic heterocycles. The summed E-state index contributed by atoms with van der Waals surface area (Å²) >= 11 is 0. The Morgan fingerprint density at radius 2 is 2.04 bits per heavy atom. The summed E-state index contributed by atoms with van der Waals surface area (Å²) in [7, 11) is 0. The average molecular weight is 313 g/mol. The molecule has 3 rings (SSSR count). The van der Waals surface area contributed by atoms with E-state index in [0.29, 0.717) is 17.8 Å². The maximum atomic E-state index is 12.8. The van der Waals surface area contributed by atoms with Crippen molar-refractivity contribution in [2.45, 2.75) is 6.10 Å². The molecule has 0 saturated carbocycles. The van der Waals surface area contributed by atoms with Gasteiger partial charge in [-0.3, -0.25) is 4.79 Å². The minimum absolute atomic E-state index is 0.0112. The molecule has 1 amide bonds. The van der Waals surface area contributed by atoms with Crippen molar-refractivity contribution in [1.29, 1.82) is 0 Å². The first-order valence-electron chi connectivity index (χ1n) is 7.16. The summed E-state index contributed by atoms with van der Waals surface area (Å²) in [6.07, 6.45) is 1.85. The minimum atomic E-state index is -1.07. The summed E-state index contributed by atoms with van der Waals surface area (Å²) in [4.78, 5) is 33.4. The van der Waals surface area contributed by atoms with Crippen LogP contribution in [0.5, 0.6) is 0 Å². The normalized spacial score (nSPS) is 17.7. The average Bonchev–Trinajstić information content (AvgIpc) is 2.62. The number of rotatable bonds is 3. The number of carboxylic acid groups (broad SMARTS) is 1. The largest absolute Gasteiger partial charge is 0.479 e. The maximum absolute atomic E-state index is 12.8. The molecule has 118 valence electrons. The van der Waals surface area contributed by atoms with Gasteiger partial charge in [0.25, 0.3) is 5.91 Å². The fourth-order valence-electron chi connectivity index (χ4n) is 2.47. The number of nitrogens with zero attached hydrogens (tertiary/aromatic N) is 3. The third-order valence-corrected chi connectivity index (χ3v) is 3.62. The lowest BCUT2D eigenvalue weighted by Crippen LogP contribution is -2.48. The van der Waals surface area contributed by atoms with Gasteiger partial charge in [0.2, 0.25) is 0 Å². The Kier molecular flexibility index (Phi) is 4.29. The molecule has 23 heavy (non-hydrogen) atoms. The smallest absolute Gasteiger partial charge is 0.334 e. The predicted octanol–water partition coefficient (Wildman–Crippen LogP) is 1.07. The summed E-state index contributed by atoms with van der Waals surface area (Å²) in [5.74, 6) is -1.37. The van der Waals surface area contributed by atoms with E-state index in [2.05, 4.69) is 9.97 Å². The minimum Gasteiger partial charge on any atom is -0.479 e. The number of benzene rings is 1. The van der Waals surface area contributed by atoms with Crippen LogP contribution in [0.2, 0.25) is 0 Å². The van der Waals surface area contributed by atoms with Crippen LogP contribution >= 0.6 is 0 Å². The lowest BCUT2D eigenvalue weighted by atomic mass is 10.1. The van der Waals surface area contributed by atoms with Gasteiger partial charge in [0, 0.05) is 18.3 Å². The molecular weight excluding hydrogens is 298 g/mol. The number of hydrogen-bond acceptors (Lipinski definition) is 5. The number of amides is 1. The van der Waals surface area contributed by atoms with E-state index in [-0.39, 0.29) is 19.1 Å². The van der Waals surface area contributed by atoms with E-state index in [1.54, 1.807) is 0 Å². The Balaban J connectivity index is 1.90. The van der Waals surface area contributed by atoms with Gasteiger partial charge in [0.05, 0.1) is 24.4 Å². The lowest BCUT2D eigenvalue weighted by Gasteiger charge is -2.31. The Hall–Kier alpha value is -2.80. The van der Waals surface area contributed by atoms with Crippen molar-refractivity contribution in [1.82, 2.24) is 14.9 Å². The van der Waals surface area contributed by atoms with Gasteiger partial charge in [-0.2, -0.15) is 0 Å². The van der Waals surface area contributed by atoms with Crippen molar-refractivity contribution < 1.29 is 19.4 Å². The quantitative estimate of drug-likeness (QED) is 0.911. The summed E-state index contributed by atoms with van der Waals surface area (Å²) < 4.78 is 5.15. The van der Waals surface area contributed by atoms with Gasteiger partial charge in [-0.25, -0.2) is 14.8 Å². The first-order chi connectivity index (χ1) is 11.2. The number of carbonyl (C=O) groups excluding carboxylic acids is 1. The Bertz CT molecular complexity index is 720. The number of aliphatic carboxylic acids is 1. The molecule has 0 radical (unpaired) electrons. The molecule has 7 heteroatoms. The third kappa shape index (κ3) is 3.19. The summed E-state index contributed by atoms with van der Waals surface area (Å²) in [6, 6.07) is 9.32. The second kappa shape index (κ2) is 6.53. The molecule has 0 bridgehead atoms. The van der Waals surface area contributed by atoms with Gasteiger partial charge in [0.1, 0.15) is 6.33 Å². The van der Waals surface area contributed by atoms with Gasteiger partial charge >= 0.3 is 5.97 Å². The zero-order chi connectivity index (χ0) is 16.2. The molecule has 1 saturated heterocycles. The number of carbonyl (C=O) groups is 2. The standard InChI is InChI=1S/C16H15N3O4/c20-15(19-6-7-23-13(9-19)16(21)22)12-8-17-10-18-14(12)11-4-2-1-3-5-11/h1-5,8,10,13H,6-7,9H2,(H,21,22). The monoisotopic (exact) mass is 313 g/mol. The van der Waals surface area contributed by atoms with E-state index in [0.717, 1.165) is 5.56 Å². The highest BCUT2D eigenvalue weighted by molar-refractivity contribution is 5.99. The summed E-state index contributed by atoms with van der Waals surface area (Å²) in [5.41, 5.74) is 1.69. The molecule has 1 unspecified atom stereocenters. The van der Waals surface area contributed by atoms with E-state index in [9.17, 15) is 9.59 Å². The maximum Gasteiger partial charge on any atom is 0.334 e. The number of ether oxygens (including phenoxy) is 1. The van der Waals surface area contributed by atoms with Crippen molar-refractivity contribution >= 4 is 11.9 Å². The van der Waals surface area contributed by atoms with Gasteiger partial charge in [-0.05, 0) is 0 Å². The van der Waals surface area contributed by atoms with E-state index in [4.69, 9.17) is 9.84 Å². The van der Waals surface area contributed by atoms with Crippen molar-refractivity contribution in [3.63, 3.8) is 0 Å². The van der Waals surface area contributed by atoms with Crippen LogP contribution in [0.15, 0.2) is 42.9 Å². The van der Waals surface area contributed by atoms with Crippen LogP contribution < -0.4 is 0 Å². The highest BCUT2D eigenvalue weighted by Gasteiger charge is 2.30. The topological polar surface area (TPSA) is 92.6 Å². The van der Waals surface area contributed by atoms with Crippen LogP contribution in [0.1, 0.15) is 10.4 Å². The van der Waals surface area contributed by atoms with Crippen LogP contribution in [0.4, 0.5) is 0 Å². The van der Waals surface area contributed by atoms with Crippen molar-refractivity contribution in [3.05, 3.63) is 48.4 Å². The van der Waals surface area contributed by atoms with Gasteiger partial charge in [-0.1, -0.05) is 30.3 Å². The number of carboxylic acids is 1. The van der Waals surface area contributed by atoms with Crippen LogP contribution in [0, 0.1) is 0 Å². The highest BCUT2D eigenvalue weighted by atomic mass is 16.5. The van der Waals surface area contributed by atoms with Crippen molar-refractivity contribution in [3.8, 4) is 11.3 Å². The fourth-order valence-corrected chi connectivity index (χ4v) is 2.47. The fraction of sp³-hybridized carbons (Fsp3) is 0.250. The first kappa shape index (κ1) is 15.1. The Labute approximate surface area is 132 Å². The third-order valence-electron chi connectivity index (χ3n) is 3.62. The molecule has 1 aliphatic rings. The number of hydrogen-bond donors (Lipinski definition) is 1. The van der Waals surface area contributed by atoms with Crippen LogP contribution in [-0.2, 0) is 9.53 Å². The number of morpholine rings is 1. The first-order valence-corrected chi connectivity index (χ1v) is 7.16. The molecule has 1 aromatic heterocycles. The van der Waals surface area contributed by atoms with E-state index in [1.807, 2.05) is 30.3 Å². The molecule has 0 spiro atoms. The van der Waals surface area contributed by atoms with Crippen LogP contribution in [0.25, 0.3) is 11.3 Å². The van der Waals surface area contributed by atoms with Gasteiger partial charge in [-0.15, -0.1) is 0 Å². The second-order valence-corrected chi connectivity index (χ2v) is 5.10. The molecule has 7 nitrogen and oxygen atoms in total. The lowest BCUT2D eigenvalue weighted by molar-refractivity contribution is -0.154. The molecule has 2 heterocycles. The second-order valence-electron chi connectivity index (χ2n) is 5.10. The zero-order valence-corrected chi connectivity index (χ0v) is 12.3. The molecule has 2 aromatic rings. The van der Waals surface area contributed by atoms with Crippen LogP contribution in [0.3, 0.4) is 0 Å². The van der Waals surface area contributed by atoms with E-state index in [1.165, 1.54) is 17.4 Å². The molecule has 1 aromatic carbocycles. The molecular formula is C16H15N3O4. The van der Waals surface area contributed by atoms with E-state index >= 15 is 0 Å². The van der Waals surface area contributed by atoms with Gasteiger partial charge in [0.15, 0.2) is 6.10 Å². The molecule has 1 fully saturated rings. The Morgan fingerprint density at radius 1 is 1.26 bits per heavy atom. The predicted molar refractivity (Wildman–Crippen MR) is 80.7 cm³/mol. The zero-order valence-electron chi connectivity index (χ0n) is 12.3. The SMILES string of the molecule is O=C(O)C1CN(C(=O)c2cncnc2-c2ccccc2)CCO1. The van der Waals surface area contributed by atoms with Crippen molar-refractivity contribution in [2.75, 3.05) is 19.7 Å². The van der Waals surface area contributed by atoms with E-state index < -0.39 is 12.1 Å².